The molecule has 6 nitrogen and oxygen atoms in total. The Kier molecular flexibility index (Phi) is 7.25. The van der Waals surface area contributed by atoms with Gasteiger partial charge >= 0.3 is 12.0 Å². The van der Waals surface area contributed by atoms with Gasteiger partial charge in [0.05, 0.1) is 11.7 Å². The molecule has 6 heteroatoms. The Balaban J connectivity index is 2.20. The van der Waals surface area contributed by atoms with Gasteiger partial charge in [-0.15, -0.1) is 0 Å². The second-order valence-corrected chi connectivity index (χ2v) is 4.89. The van der Waals surface area contributed by atoms with E-state index < -0.39 is 5.97 Å². The van der Waals surface area contributed by atoms with Gasteiger partial charge in [0.15, 0.2) is 0 Å². The highest BCUT2D eigenvalue weighted by atomic mass is 16.5. The first-order valence-electron chi connectivity index (χ1n) is 6.99. The fourth-order valence-electron chi connectivity index (χ4n) is 1.62. The van der Waals surface area contributed by atoms with Crippen molar-refractivity contribution >= 4 is 17.7 Å². The minimum Gasteiger partial charge on any atom is -0.478 e. The molecular formula is C15H22N2O4. The minimum absolute atomic E-state index is 0.186. The van der Waals surface area contributed by atoms with Crippen LogP contribution in [0.15, 0.2) is 24.3 Å². The Bertz CT molecular complexity index is 457. The number of amides is 2. The summed E-state index contributed by atoms with van der Waals surface area (Å²) in [6, 6.07) is 5.70. The number of urea groups is 1. The summed E-state index contributed by atoms with van der Waals surface area (Å²) in [5, 5.41) is 14.1. The number of benzene rings is 1. The Hall–Kier alpha value is -2.08. The second kappa shape index (κ2) is 8.97. The van der Waals surface area contributed by atoms with Gasteiger partial charge < -0.3 is 20.5 Å². The summed E-state index contributed by atoms with van der Waals surface area (Å²) in [6.45, 7) is 5.24. The molecule has 0 fully saturated rings. The molecule has 0 aliphatic heterocycles. The van der Waals surface area contributed by atoms with Crippen LogP contribution in [0.2, 0.25) is 0 Å². The van der Waals surface area contributed by atoms with Crippen molar-refractivity contribution in [2.45, 2.75) is 32.8 Å². The second-order valence-electron chi connectivity index (χ2n) is 4.89. The molecule has 1 aromatic carbocycles. The van der Waals surface area contributed by atoms with Crippen LogP contribution < -0.4 is 10.6 Å². The SMILES string of the molecule is CC(C)OCCCCNC(=O)Nc1ccc(C(=O)O)cc1. The predicted octanol–water partition coefficient (Wildman–Crippen LogP) is 2.71. The molecule has 21 heavy (non-hydrogen) atoms. The molecule has 0 aliphatic rings. The van der Waals surface area contributed by atoms with E-state index in [2.05, 4.69) is 10.6 Å². The third-order valence-corrected chi connectivity index (χ3v) is 2.70. The van der Waals surface area contributed by atoms with Crippen molar-refractivity contribution in [3.8, 4) is 0 Å². The molecule has 3 N–H and O–H groups in total. The smallest absolute Gasteiger partial charge is 0.335 e. The van der Waals surface area contributed by atoms with Gasteiger partial charge in [-0.1, -0.05) is 0 Å². The van der Waals surface area contributed by atoms with Crippen molar-refractivity contribution in [2.75, 3.05) is 18.5 Å². The van der Waals surface area contributed by atoms with Gasteiger partial charge in [-0.25, -0.2) is 9.59 Å². The van der Waals surface area contributed by atoms with Crippen LogP contribution in [0, 0.1) is 0 Å². The number of carboxylic acid groups (broad SMARTS) is 1. The van der Waals surface area contributed by atoms with Crippen molar-refractivity contribution in [3.63, 3.8) is 0 Å². The van der Waals surface area contributed by atoms with Crippen LogP contribution in [-0.4, -0.2) is 36.4 Å². The molecule has 0 radical (unpaired) electrons. The number of rotatable bonds is 8. The van der Waals surface area contributed by atoms with Crippen LogP contribution in [0.25, 0.3) is 0 Å². The molecule has 0 heterocycles. The largest absolute Gasteiger partial charge is 0.478 e. The Morgan fingerprint density at radius 1 is 1.19 bits per heavy atom. The molecule has 0 spiro atoms. The van der Waals surface area contributed by atoms with Crippen molar-refractivity contribution in [3.05, 3.63) is 29.8 Å². The molecule has 1 aromatic rings. The minimum atomic E-state index is -0.991. The van der Waals surface area contributed by atoms with Crippen LogP contribution in [0.5, 0.6) is 0 Å². The van der Waals surface area contributed by atoms with E-state index in [0.29, 0.717) is 18.8 Å². The summed E-state index contributed by atoms with van der Waals surface area (Å²) < 4.78 is 5.40. The maximum atomic E-state index is 11.6. The fraction of sp³-hybridized carbons (Fsp3) is 0.467. The van der Waals surface area contributed by atoms with E-state index in [4.69, 9.17) is 9.84 Å². The molecule has 1 rings (SSSR count). The molecule has 0 aromatic heterocycles. The number of carbonyl (C=O) groups is 2. The number of carbonyl (C=O) groups excluding carboxylic acids is 1. The average molecular weight is 294 g/mol. The van der Waals surface area contributed by atoms with Gasteiger partial charge in [-0.3, -0.25) is 0 Å². The lowest BCUT2D eigenvalue weighted by atomic mass is 10.2. The number of nitrogens with one attached hydrogen (secondary N) is 2. The molecular weight excluding hydrogens is 272 g/mol. The standard InChI is InChI=1S/C15H22N2O4/c1-11(2)21-10-4-3-9-16-15(20)17-13-7-5-12(6-8-13)14(18)19/h5-8,11H,3-4,9-10H2,1-2H3,(H,18,19)(H2,16,17,20). The molecule has 2 amide bonds. The zero-order valence-electron chi connectivity index (χ0n) is 12.4. The topological polar surface area (TPSA) is 87.7 Å². The quantitative estimate of drug-likeness (QED) is 0.643. The normalized spacial score (nSPS) is 10.4. The monoisotopic (exact) mass is 294 g/mol. The van der Waals surface area contributed by atoms with E-state index in [9.17, 15) is 9.59 Å². The fourth-order valence-corrected chi connectivity index (χ4v) is 1.62. The summed E-state index contributed by atoms with van der Waals surface area (Å²) in [6.07, 6.45) is 1.97. The van der Waals surface area contributed by atoms with Gasteiger partial charge in [-0.2, -0.15) is 0 Å². The Morgan fingerprint density at radius 2 is 1.86 bits per heavy atom. The summed E-state index contributed by atoms with van der Waals surface area (Å²) in [5.74, 6) is -0.991. The highest BCUT2D eigenvalue weighted by Crippen LogP contribution is 2.09. The van der Waals surface area contributed by atoms with Gasteiger partial charge in [0.25, 0.3) is 0 Å². The van der Waals surface area contributed by atoms with Crippen LogP contribution in [0.4, 0.5) is 10.5 Å². The van der Waals surface area contributed by atoms with Crippen molar-refractivity contribution in [2.24, 2.45) is 0 Å². The van der Waals surface area contributed by atoms with Gasteiger partial charge in [-0.05, 0) is 51.0 Å². The van der Waals surface area contributed by atoms with Crippen molar-refractivity contribution in [1.29, 1.82) is 0 Å². The van der Waals surface area contributed by atoms with E-state index in [1.165, 1.54) is 12.1 Å². The zero-order chi connectivity index (χ0) is 15.7. The Morgan fingerprint density at radius 3 is 2.43 bits per heavy atom. The zero-order valence-corrected chi connectivity index (χ0v) is 12.4. The highest BCUT2D eigenvalue weighted by molar-refractivity contribution is 5.91. The van der Waals surface area contributed by atoms with Crippen molar-refractivity contribution < 1.29 is 19.4 Å². The van der Waals surface area contributed by atoms with Gasteiger partial charge in [0, 0.05) is 18.8 Å². The van der Waals surface area contributed by atoms with Crippen LogP contribution >= 0.6 is 0 Å². The lowest BCUT2D eigenvalue weighted by Crippen LogP contribution is -2.29. The van der Waals surface area contributed by atoms with E-state index in [-0.39, 0.29) is 17.7 Å². The maximum absolute atomic E-state index is 11.6. The number of aromatic carboxylic acids is 1. The first kappa shape index (κ1) is 17.0. The number of carboxylic acids is 1. The summed E-state index contributed by atoms with van der Waals surface area (Å²) in [7, 11) is 0. The van der Waals surface area contributed by atoms with Crippen molar-refractivity contribution in [1.82, 2.24) is 5.32 Å². The first-order valence-corrected chi connectivity index (χ1v) is 6.99. The van der Waals surface area contributed by atoms with Crippen LogP contribution in [0.3, 0.4) is 0 Å². The van der Waals surface area contributed by atoms with Gasteiger partial charge in [0.2, 0.25) is 0 Å². The highest BCUT2D eigenvalue weighted by Gasteiger charge is 2.04. The average Bonchev–Trinajstić information content (AvgIpc) is 2.43. The molecule has 0 saturated carbocycles. The van der Waals surface area contributed by atoms with E-state index in [0.717, 1.165) is 12.8 Å². The number of hydrogen-bond donors (Lipinski definition) is 3. The van der Waals surface area contributed by atoms with E-state index in [1.807, 2.05) is 13.8 Å². The lowest BCUT2D eigenvalue weighted by Gasteiger charge is -2.09. The Labute approximate surface area is 124 Å². The third kappa shape index (κ3) is 7.31. The number of hydrogen-bond acceptors (Lipinski definition) is 3. The first-order chi connectivity index (χ1) is 9.99. The molecule has 0 aliphatic carbocycles. The molecule has 0 saturated heterocycles. The summed E-state index contributed by atoms with van der Waals surface area (Å²) >= 11 is 0. The predicted molar refractivity (Wildman–Crippen MR) is 80.7 cm³/mol. The maximum Gasteiger partial charge on any atom is 0.335 e. The number of ether oxygens (including phenoxy) is 1. The van der Waals surface area contributed by atoms with E-state index >= 15 is 0 Å². The van der Waals surface area contributed by atoms with Crippen LogP contribution in [0.1, 0.15) is 37.0 Å². The number of anilines is 1. The van der Waals surface area contributed by atoms with E-state index in [1.54, 1.807) is 12.1 Å². The molecule has 116 valence electrons. The summed E-state index contributed by atoms with van der Waals surface area (Å²) in [5.41, 5.74) is 0.742. The summed E-state index contributed by atoms with van der Waals surface area (Å²) in [4.78, 5) is 22.3. The third-order valence-electron chi connectivity index (χ3n) is 2.70. The van der Waals surface area contributed by atoms with Gasteiger partial charge in [0.1, 0.15) is 0 Å². The molecule has 0 atom stereocenters. The lowest BCUT2D eigenvalue weighted by molar-refractivity contribution is 0.0696. The van der Waals surface area contributed by atoms with Crippen LogP contribution in [-0.2, 0) is 4.74 Å². The molecule has 0 bridgehead atoms. The number of unbranched alkanes of at least 4 members (excludes halogenated alkanes) is 1. The molecule has 0 unspecified atom stereocenters.